The highest BCUT2D eigenvalue weighted by Gasteiger charge is 2.56. The number of esters is 2. The van der Waals surface area contributed by atoms with Crippen LogP contribution >= 0.6 is 0 Å². The van der Waals surface area contributed by atoms with Gasteiger partial charge in [0.2, 0.25) is 0 Å². The summed E-state index contributed by atoms with van der Waals surface area (Å²) >= 11 is 0. The van der Waals surface area contributed by atoms with Crippen LogP contribution in [0.3, 0.4) is 0 Å². The summed E-state index contributed by atoms with van der Waals surface area (Å²) in [4.78, 5) is 24.0. The van der Waals surface area contributed by atoms with E-state index in [1.165, 1.54) is 11.1 Å². The SMILES string of the molecule is C=C(C)C(=O)Oc1ccc2c(c1)CC[C@@H]1[C@@H]2CC[C@]2(C)[C@@H](OC(=O)C(=C)C)CC[C@@H]12. The molecule has 0 spiro atoms. The molecule has 4 nitrogen and oxygen atoms in total. The van der Waals surface area contributed by atoms with Crippen LogP contribution in [-0.4, -0.2) is 18.0 Å². The van der Waals surface area contributed by atoms with E-state index in [-0.39, 0.29) is 23.5 Å². The van der Waals surface area contributed by atoms with Crippen LogP contribution in [0.25, 0.3) is 0 Å². The van der Waals surface area contributed by atoms with Gasteiger partial charge in [-0.2, -0.15) is 0 Å². The van der Waals surface area contributed by atoms with E-state index in [4.69, 9.17) is 9.47 Å². The van der Waals surface area contributed by atoms with Crippen molar-refractivity contribution >= 4 is 11.9 Å². The van der Waals surface area contributed by atoms with Gasteiger partial charge in [-0.1, -0.05) is 26.1 Å². The van der Waals surface area contributed by atoms with Gasteiger partial charge in [-0.05, 0) is 93.4 Å². The number of rotatable bonds is 4. The van der Waals surface area contributed by atoms with Crippen LogP contribution in [0.2, 0.25) is 0 Å². The summed E-state index contributed by atoms with van der Waals surface area (Å²) in [6.07, 6.45) is 6.38. The molecule has 0 aliphatic heterocycles. The molecule has 3 aliphatic carbocycles. The van der Waals surface area contributed by atoms with E-state index in [0.717, 1.165) is 38.5 Å². The smallest absolute Gasteiger partial charge is 0.338 e. The molecular formula is C26H32O4. The third kappa shape index (κ3) is 3.51. The van der Waals surface area contributed by atoms with E-state index in [9.17, 15) is 9.59 Å². The molecule has 0 amide bonds. The maximum atomic E-state index is 12.1. The number of hydrogen-bond donors (Lipinski definition) is 0. The molecular weight excluding hydrogens is 376 g/mol. The quantitative estimate of drug-likeness (QED) is 0.374. The van der Waals surface area contributed by atoms with Crippen LogP contribution in [0.4, 0.5) is 0 Å². The van der Waals surface area contributed by atoms with Gasteiger partial charge in [-0.25, -0.2) is 9.59 Å². The van der Waals surface area contributed by atoms with Crippen LogP contribution in [-0.2, 0) is 20.7 Å². The zero-order chi connectivity index (χ0) is 21.6. The van der Waals surface area contributed by atoms with Gasteiger partial charge in [0.15, 0.2) is 0 Å². The number of carbonyl (C=O) groups excluding carboxylic acids is 2. The van der Waals surface area contributed by atoms with Gasteiger partial charge in [0.1, 0.15) is 11.9 Å². The minimum Gasteiger partial charge on any atom is -0.458 e. The molecule has 1 aromatic rings. The first-order valence-corrected chi connectivity index (χ1v) is 11.1. The van der Waals surface area contributed by atoms with Crippen LogP contribution in [0.1, 0.15) is 69.9 Å². The Balaban J connectivity index is 1.53. The van der Waals surface area contributed by atoms with E-state index in [0.29, 0.717) is 34.6 Å². The van der Waals surface area contributed by atoms with Crippen molar-refractivity contribution in [2.45, 2.75) is 71.3 Å². The van der Waals surface area contributed by atoms with E-state index in [2.05, 4.69) is 26.1 Å². The Labute approximate surface area is 179 Å². The zero-order valence-corrected chi connectivity index (χ0v) is 18.3. The van der Waals surface area contributed by atoms with E-state index >= 15 is 0 Å². The third-order valence-corrected chi connectivity index (χ3v) is 7.77. The Bertz CT molecular complexity index is 914. The Kier molecular flexibility index (Phi) is 5.37. The molecule has 1 aromatic carbocycles. The minimum absolute atomic E-state index is 0.00187. The lowest BCUT2D eigenvalue weighted by Crippen LogP contribution is -2.45. The highest BCUT2D eigenvalue weighted by molar-refractivity contribution is 5.88. The molecule has 160 valence electrons. The largest absolute Gasteiger partial charge is 0.458 e. The van der Waals surface area contributed by atoms with Gasteiger partial charge in [0.05, 0.1) is 0 Å². The third-order valence-electron chi connectivity index (χ3n) is 7.77. The highest BCUT2D eigenvalue weighted by Crippen LogP contribution is 2.61. The summed E-state index contributed by atoms with van der Waals surface area (Å²) in [5.41, 5.74) is 3.65. The monoisotopic (exact) mass is 408 g/mol. The predicted molar refractivity (Wildman–Crippen MR) is 116 cm³/mol. The molecule has 5 atom stereocenters. The van der Waals surface area contributed by atoms with Crippen molar-refractivity contribution in [1.29, 1.82) is 0 Å². The van der Waals surface area contributed by atoms with Crippen molar-refractivity contribution in [2.24, 2.45) is 17.3 Å². The molecule has 0 N–H and O–H groups in total. The van der Waals surface area contributed by atoms with Gasteiger partial charge in [-0.3, -0.25) is 0 Å². The van der Waals surface area contributed by atoms with Crippen molar-refractivity contribution in [3.05, 3.63) is 53.6 Å². The van der Waals surface area contributed by atoms with E-state index in [1.54, 1.807) is 13.8 Å². The van der Waals surface area contributed by atoms with Gasteiger partial charge >= 0.3 is 11.9 Å². The molecule has 0 aromatic heterocycles. The molecule has 30 heavy (non-hydrogen) atoms. The fourth-order valence-corrected chi connectivity index (χ4v) is 6.19. The maximum absolute atomic E-state index is 12.1. The molecule has 4 rings (SSSR count). The number of fused-ring (bicyclic) bond motifs is 5. The second-order valence-electron chi connectivity index (χ2n) is 9.74. The Morgan fingerprint density at radius 1 is 1.03 bits per heavy atom. The molecule has 2 fully saturated rings. The lowest BCUT2D eigenvalue weighted by molar-refractivity contribution is -0.152. The van der Waals surface area contributed by atoms with Crippen molar-refractivity contribution < 1.29 is 19.1 Å². The number of hydrogen-bond acceptors (Lipinski definition) is 4. The standard InChI is InChI=1S/C26H32O4/c1-15(2)24(27)29-18-7-9-19-17(14-18)6-8-21-20(19)12-13-26(5)22(21)10-11-23(26)30-25(28)16(3)4/h7,9,14,20-23H,1,3,6,8,10-13H2,2,4-5H3/t20-,21-,22+,23+,26+/m1/s1. The molecule has 0 unspecified atom stereocenters. The fraction of sp³-hybridized carbons (Fsp3) is 0.538. The van der Waals surface area contributed by atoms with Crippen LogP contribution < -0.4 is 4.74 Å². The summed E-state index contributed by atoms with van der Waals surface area (Å²) in [7, 11) is 0. The Hall–Kier alpha value is -2.36. The molecule has 4 heteroatoms. The number of ether oxygens (including phenoxy) is 2. The zero-order valence-electron chi connectivity index (χ0n) is 18.3. The van der Waals surface area contributed by atoms with E-state index < -0.39 is 0 Å². The van der Waals surface area contributed by atoms with Crippen molar-refractivity contribution in [1.82, 2.24) is 0 Å². The number of aryl methyl sites for hydroxylation is 1. The summed E-state index contributed by atoms with van der Waals surface area (Å²) in [6, 6.07) is 6.11. The van der Waals surface area contributed by atoms with Crippen molar-refractivity contribution in [2.75, 3.05) is 0 Å². The summed E-state index contributed by atoms with van der Waals surface area (Å²) < 4.78 is 11.3. The summed E-state index contributed by atoms with van der Waals surface area (Å²) in [5, 5.41) is 0. The molecule has 0 heterocycles. The van der Waals surface area contributed by atoms with Crippen LogP contribution in [0, 0.1) is 17.3 Å². The normalized spacial score (nSPS) is 31.7. The van der Waals surface area contributed by atoms with Crippen molar-refractivity contribution in [3.8, 4) is 5.75 Å². The number of benzene rings is 1. The Morgan fingerprint density at radius 2 is 1.77 bits per heavy atom. The molecule has 0 bridgehead atoms. The van der Waals surface area contributed by atoms with E-state index in [1.807, 2.05) is 12.1 Å². The highest BCUT2D eigenvalue weighted by atomic mass is 16.5. The first-order chi connectivity index (χ1) is 14.2. The summed E-state index contributed by atoms with van der Waals surface area (Å²) in [5.74, 6) is 1.71. The van der Waals surface area contributed by atoms with Gasteiger partial charge in [0, 0.05) is 16.6 Å². The minimum atomic E-state index is -0.377. The van der Waals surface area contributed by atoms with Crippen molar-refractivity contribution in [3.63, 3.8) is 0 Å². The lowest BCUT2D eigenvalue weighted by atomic mass is 9.55. The Morgan fingerprint density at radius 3 is 2.47 bits per heavy atom. The lowest BCUT2D eigenvalue weighted by Gasteiger charge is -2.50. The van der Waals surface area contributed by atoms with Crippen LogP contribution in [0.15, 0.2) is 42.5 Å². The second kappa shape index (κ2) is 7.72. The second-order valence-corrected chi connectivity index (χ2v) is 9.74. The summed E-state index contributed by atoms with van der Waals surface area (Å²) in [6.45, 7) is 13.1. The van der Waals surface area contributed by atoms with Gasteiger partial charge < -0.3 is 9.47 Å². The predicted octanol–water partition coefficient (Wildman–Crippen LogP) is 5.51. The molecule has 2 saturated carbocycles. The molecule has 0 saturated heterocycles. The van der Waals surface area contributed by atoms with Crippen LogP contribution in [0.5, 0.6) is 5.75 Å². The average Bonchev–Trinajstić information content (AvgIpc) is 3.03. The first-order valence-electron chi connectivity index (χ1n) is 11.1. The average molecular weight is 409 g/mol. The maximum Gasteiger partial charge on any atom is 0.338 e. The number of carbonyl (C=O) groups is 2. The first kappa shape index (κ1) is 20.9. The molecule has 3 aliphatic rings. The molecule has 0 radical (unpaired) electrons. The van der Waals surface area contributed by atoms with Gasteiger partial charge in [-0.15, -0.1) is 0 Å². The topological polar surface area (TPSA) is 52.6 Å². The van der Waals surface area contributed by atoms with Gasteiger partial charge in [0.25, 0.3) is 0 Å². The fourth-order valence-electron chi connectivity index (χ4n) is 6.19.